The van der Waals surface area contributed by atoms with E-state index in [1.807, 2.05) is 6.92 Å². The zero-order chi connectivity index (χ0) is 13.1. The summed E-state index contributed by atoms with van der Waals surface area (Å²) in [5, 5.41) is 4.09. The zero-order valence-corrected chi connectivity index (χ0v) is 11.3. The topological polar surface area (TPSA) is 47.8 Å². The van der Waals surface area contributed by atoms with Crippen molar-refractivity contribution in [2.75, 3.05) is 0 Å². The highest BCUT2D eigenvalue weighted by atomic mass is 79.9. The number of nitrogens with zero attached hydrogens (tertiary/aromatic N) is 3. The summed E-state index contributed by atoms with van der Waals surface area (Å²) in [5.74, 6) is -1.02. The molecule has 0 aromatic carbocycles. The Kier molecular flexibility index (Phi) is 3.86. The van der Waals surface area contributed by atoms with Gasteiger partial charge in [-0.15, -0.1) is 0 Å². The normalized spacial score (nSPS) is 10.6. The van der Waals surface area contributed by atoms with E-state index in [9.17, 15) is 9.18 Å². The number of ketones is 1. The summed E-state index contributed by atoms with van der Waals surface area (Å²) < 4.78 is 15.7. The molecule has 0 saturated carbocycles. The third-order valence-electron chi connectivity index (χ3n) is 2.46. The molecule has 2 heterocycles. The van der Waals surface area contributed by atoms with Gasteiger partial charge in [-0.1, -0.05) is 6.92 Å². The minimum absolute atomic E-state index is 0.00329. The Morgan fingerprint density at radius 2 is 2.28 bits per heavy atom. The van der Waals surface area contributed by atoms with E-state index in [0.29, 0.717) is 16.7 Å². The largest absolute Gasteiger partial charge is 0.287 e. The number of carbonyl (C=O) groups excluding carboxylic acids is 1. The Hall–Kier alpha value is -1.56. The van der Waals surface area contributed by atoms with Gasteiger partial charge in [-0.3, -0.25) is 14.5 Å². The van der Waals surface area contributed by atoms with Gasteiger partial charge in [0.2, 0.25) is 5.78 Å². The fourth-order valence-electron chi connectivity index (χ4n) is 1.66. The fraction of sp³-hybridized carbons (Fsp3) is 0.250. The van der Waals surface area contributed by atoms with Gasteiger partial charge >= 0.3 is 0 Å². The van der Waals surface area contributed by atoms with Gasteiger partial charge in [0.1, 0.15) is 5.69 Å². The molecule has 0 spiro atoms. The smallest absolute Gasteiger partial charge is 0.215 e. The summed E-state index contributed by atoms with van der Waals surface area (Å²) in [7, 11) is 0. The third kappa shape index (κ3) is 2.33. The quantitative estimate of drug-likeness (QED) is 0.816. The maximum absolute atomic E-state index is 13.6. The molecule has 0 saturated heterocycles. The molecule has 6 heteroatoms. The number of hydrogen-bond acceptors (Lipinski definition) is 3. The van der Waals surface area contributed by atoms with E-state index in [1.165, 1.54) is 12.3 Å². The van der Waals surface area contributed by atoms with Crippen molar-refractivity contribution in [1.29, 1.82) is 0 Å². The van der Waals surface area contributed by atoms with Crippen LogP contribution in [-0.2, 0) is 6.54 Å². The Balaban J connectivity index is 2.46. The fourth-order valence-corrected chi connectivity index (χ4v) is 2.13. The standard InChI is InChI=1S/C12H11BrFN3O/c1-2-5-17-11(9(13)6-16-17)12(18)8-3-4-15-7-10(8)14/h3-4,6-7H,2,5H2,1H3. The number of aryl methyl sites for hydroxylation is 1. The number of halogens is 2. The molecule has 94 valence electrons. The lowest BCUT2D eigenvalue weighted by molar-refractivity contribution is 0.102. The van der Waals surface area contributed by atoms with Crippen molar-refractivity contribution in [2.45, 2.75) is 19.9 Å². The van der Waals surface area contributed by atoms with Gasteiger partial charge in [0.15, 0.2) is 5.82 Å². The highest BCUT2D eigenvalue weighted by molar-refractivity contribution is 9.10. The predicted molar refractivity (Wildman–Crippen MR) is 67.8 cm³/mol. The van der Waals surface area contributed by atoms with Gasteiger partial charge in [-0.2, -0.15) is 5.10 Å². The first kappa shape index (κ1) is 12.9. The lowest BCUT2D eigenvalue weighted by Crippen LogP contribution is -2.13. The highest BCUT2D eigenvalue weighted by Gasteiger charge is 2.21. The molecule has 0 aliphatic carbocycles. The van der Waals surface area contributed by atoms with Crippen LogP contribution in [0.3, 0.4) is 0 Å². The molecular weight excluding hydrogens is 301 g/mol. The van der Waals surface area contributed by atoms with Crippen molar-refractivity contribution in [3.8, 4) is 0 Å². The van der Waals surface area contributed by atoms with Gasteiger partial charge in [0.25, 0.3) is 0 Å². The van der Waals surface area contributed by atoms with E-state index >= 15 is 0 Å². The van der Waals surface area contributed by atoms with Crippen molar-refractivity contribution in [3.63, 3.8) is 0 Å². The van der Waals surface area contributed by atoms with Crippen LogP contribution >= 0.6 is 15.9 Å². The van der Waals surface area contributed by atoms with E-state index in [-0.39, 0.29) is 5.56 Å². The Labute approximate surface area is 112 Å². The monoisotopic (exact) mass is 311 g/mol. The zero-order valence-electron chi connectivity index (χ0n) is 9.73. The van der Waals surface area contributed by atoms with Gasteiger partial charge in [0.05, 0.1) is 22.4 Å². The molecule has 0 fully saturated rings. The molecule has 0 radical (unpaired) electrons. The summed E-state index contributed by atoms with van der Waals surface area (Å²) in [6.07, 6.45) is 4.81. The van der Waals surface area contributed by atoms with Crippen molar-refractivity contribution in [1.82, 2.24) is 14.8 Å². The van der Waals surface area contributed by atoms with Crippen LogP contribution in [0.5, 0.6) is 0 Å². The first-order valence-corrected chi connectivity index (χ1v) is 6.30. The molecule has 0 N–H and O–H groups in total. The molecule has 4 nitrogen and oxygen atoms in total. The molecule has 18 heavy (non-hydrogen) atoms. The Morgan fingerprint density at radius 1 is 1.50 bits per heavy atom. The van der Waals surface area contributed by atoms with E-state index in [4.69, 9.17) is 0 Å². The SMILES string of the molecule is CCCn1ncc(Br)c1C(=O)c1ccncc1F. The highest BCUT2D eigenvalue weighted by Crippen LogP contribution is 2.21. The van der Waals surface area contributed by atoms with Crippen molar-refractivity contribution < 1.29 is 9.18 Å². The molecular formula is C12H11BrFN3O. The number of carbonyl (C=O) groups is 1. The Morgan fingerprint density at radius 3 is 2.94 bits per heavy atom. The second-order valence-electron chi connectivity index (χ2n) is 3.75. The van der Waals surface area contributed by atoms with E-state index in [0.717, 1.165) is 12.6 Å². The van der Waals surface area contributed by atoms with Crippen LogP contribution in [-0.4, -0.2) is 20.5 Å². The third-order valence-corrected chi connectivity index (χ3v) is 3.04. The molecule has 0 aliphatic heterocycles. The molecule has 2 rings (SSSR count). The molecule has 0 unspecified atom stereocenters. The van der Waals surface area contributed by atoms with Crippen LogP contribution in [0.25, 0.3) is 0 Å². The lowest BCUT2D eigenvalue weighted by Gasteiger charge is -2.06. The lowest BCUT2D eigenvalue weighted by atomic mass is 10.1. The number of hydrogen-bond donors (Lipinski definition) is 0. The summed E-state index contributed by atoms with van der Waals surface area (Å²) in [6, 6.07) is 1.37. The number of rotatable bonds is 4. The van der Waals surface area contributed by atoms with E-state index in [1.54, 1.807) is 10.9 Å². The minimum atomic E-state index is -0.626. The summed E-state index contributed by atoms with van der Waals surface area (Å²) >= 11 is 3.27. The average Bonchev–Trinajstić information content (AvgIpc) is 2.71. The first-order chi connectivity index (χ1) is 8.65. The van der Waals surface area contributed by atoms with Crippen LogP contribution in [0.1, 0.15) is 29.4 Å². The van der Waals surface area contributed by atoms with Crippen LogP contribution in [0.2, 0.25) is 0 Å². The van der Waals surface area contributed by atoms with Gasteiger partial charge in [-0.25, -0.2) is 4.39 Å². The first-order valence-electron chi connectivity index (χ1n) is 5.50. The maximum Gasteiger partial charge on any atom is 0.215 e. The van der Waals surface area contributed by atoms with Crippen molar-refractivity contribution >= 4 is 21.7 Å². The van der Waals surface area contributed by atoms with Crippen LogP contribution < -0.4 is 0 Å². The molecule has 0 aliphatic rings. The average molecular weight is 312 g/mol. The molecule has 2 aromatic rings. The summed E-state index contributed by atoms with van der Waals surface area (Å²) in [6.45, 7) is 2.59. The predicted octanol–water partition coefficient (Wildman–Crippen LogP) is 2.82. The van der Waals surface area contributed by atoms with Crippen molar-refractivity contribution in [3.05, 3.63) is 46.2 Å². The Bertz CT molecular complexity index is 582. The number of pyridine rings is 1. The van der Waals surface area contributed by atoms with E-state index in [2.05, 4.69) is 26.0 Å². The number of aromatic nitrogens is 3. The minimum Gasteiger partial charge on any atom is -0.287 e. The van der Waals surface area contributed by atoms with Gasteiger partial charge < -0.3 is 0 Å². The van der Waals surface area contributed by atoms with Crippen LogP contribution in [0, 0.1) is 5.82 Å². The molecule has 0 atom stereocenters. The summed E-state index contributed by atoms with van der Waals surface area (Å²) in [4.78, 5) is 15.9. The summed E-state index contributed by atoms with van der Waals surface area (Å²) in [5.41, 5.74) is 0.366. The second kappa shape index (κ2) is 5.39. The maximum atomic E-state index is 13.6. The van der Waals surface area contributed by atoms with Gasteiger partial charge in [0, 0.05) is 12.7 Å². The molecule has 2 aromatic heterocycles. The van der Waals surface area contributed by atoms with Crippen molar-refractivity contribution in [2.24, 2.45) is 0 Å². The molecule has 0 bridgehead atoms. The van der Waals surface area contributed by atoms with E-state index < -0.39 is 11.6 Å². The second-order valence-corrected chi connectivity index (χ2v) is 4.60. The molecule has 0 amide bonds. The van der Waals surface area contributed by atoms with Gasteiger partial charge in [-0.05, 0) is 28.4 Å². The van der Waals surface area contributed by atoms with Crippen LogP contribution in [0.15, 0.2) is 29.1 Å². The van der Waals surface area contributed by atoms with Crippen LogP contribution in [0.4, 0.5) is 4.39 Å².